The van der Waals surface area contributed by atoms with E-state index in [9.17, 15) is 32.3 Å². The van der Waals surface area contributed by atoms with E-state index in [0.717, 1.165) is 23.3 Å². The molecule has 1 unspecified atom stereocenters. The molecule has 1 N–H and O–H groups in total. The van der Waals surface area contributed by atoms with Crippen LogP contribution in [0.3, 0.4) is 0 Å². The van der Waals surface area contributed by atoms with E-state index in [-0.39, 0.29) is 44.3 Å². The van der Waals surface area contributed by atoms with Crippen LogP contribution in [0.2, 0.25) is 0 Å². The second-order valence-corrected chi connectivity index (χ2v) is 9.74. The number of unbranched alkanes of at least 4 members (excludes halogenated alkanes) is 1. The first-order valence-electron chi connectivity index (χ1n) is 14.2. The Kier molecular flexibility index (Phi) is 13.9. The highest BCUT2D eigenvalue weighted by atomic mass is 19.4. The van der Waals surface area contributed by atoms with Gasteiger partial charge in [0, 0.05) is 26.2 Å². The van der Waals surface area contributed by atoms with Crippen LogP contribution in [0.15, 0.2) is 72.8 Å². The van der Waals surface area contributed by atoms with Gasteiger partial charge < -0.3 is 33.7 Å². The molecule has 0 bridgehead atoms. The van der Waals surface area contributed by atoms with Crippen LogP contribution in [0.5, 0.6) is 17.2 Å². The zero-order valence-electron chi connectivity index (χ0n) is 24.6. The van der Waals surface area contributed by atoms with Crippen LogP contribution < -0.4 is 14.2 Å². The zero-order valence-corrected chi connectivity index (χ0v) is 24.6. The second-order valence-electron chi connectivity index (χ2n) is 9.74. The number of benzene rings is 3. The summed E-state index contributed by atoms with van der Waals surface area (Å²) in [6.45, 7) is 3.23. The van der Waals surface area contributed by atoms with Crippen molar-refractivity contribution in [3.05, 3.63) is 89.7 Å². The predicted octanol–water partition coefficient (Wildman–Crippen LogP) is 6.63. The molecule has 3 aromatic rings. The number of alkyl halides is 3. The molecular formula is C32H35F4NO8. The van der Waals surface area contributed by atoms with Gasteiger partial charge in [-0.15, -0.1) is 13.2 Å². The first kappa shape index (κ1) is 35.1. The van der Waals surface area contributed by atoms with E-state index in [0.29, 0.717) is 31.8 Å². The normalized spacial score (nSPS) is 11.9. The van der Waals surface area contributed by atoms with Crippen LogP contribution in [0.25, 0.3) is 0 Å². The number of hydrogen-bond acceptors (Lipinski definition) is 7. The molecule has 0 spiro atoms. The van der Waals surface area contributed by atoms with Crippen LogP contribution in [0.1, 0.15) is 30.9 Å². The Hall–Kier alpha value is -4.36. The number of carbonyl (C=O) groups excluding carboxylic acids is 1. The molecule has 0 radical (unpaired) electrons. The Bertz CT molecular complexity index is 1320. The fourth-order valence-electron chi connectivity index (χ4n) is 4.07. The summed E-state index contributed by atoms with van der Waals surface area (Å²) in [7, 11) is 0. The van der Waals surface area contributed by atoms with Crippen molar-refractivity contribution in [1.29, 1.82) is 0 Å². The highest BCUT2D eigenvalue weighted by molar-refractivity contribution is 5.72. The van der Waals surface area contributed by atoms with Crippen LogP contribution >= 0.6 is 0 Å². The zero-order chi connectivity index (χ0) is 32.7. The summed E-state index contributed by atoms with van der Waals surface area (Å²) in [4.78, 5) is 25.7. The molecule has 0 aliphatic rings. The van der Waals surface area contributed by atoms with Gasteiger partial charge in [0.25, 0.3) is 0 Å². The highest BCUT2D eigenvalue weighted by Gasteiger charge is 2.31. The summed E-state index contributed by atoms with van der Waals surface area (Å²) in [5.74, 6) is -1.29. The van der Waals surface area contributed by atoms with Crippen molar-refractivity contribution in [3.8, 4) is 17.2 Å². The van der Waals surface area contributed by atoms with Gasteiger partial charge in [0.05, 0.1) is 13.2 Å². The van der Waals surface area contributed by atoms with Gasteiger partial charge >= 0.3 is 18.4 Å². The average Bonchev–Trinajstić information content (AvgIpc) is 2.99. The number of aliphatic carboxylic acids is 1. The quantitative estimate of drug-likeness (QED) is 0.122. The lowest BCUT2D eigenvalue weighted by atomic mass is 10.1. The van der Waals surface area contributed by atoms with E-state index in [1.54, 1.807) is 43.3 Å². The topological polar surface area (TPSA) is 104 Å². The molecule has 0 saturated heterocycles. The smallest absolute Gasteiger partial charge is 0.492 e. The minimum absolute atomic E-state index is 0.0328. The van der Waals surface area contributed by atoms with Crippen molar-refractivity contribution in [2.75, 3.05) is 32.9 Å². The molecule has 3 rings (SSSR count). The van der Waals surface area contributed by atoms with E-state index in [1.165, 1.54) is 29.2 Å². The predicted molar refractivity (Wildman–Crippen MR) is 155 cm³/mol. The fourth-order valence-corrected chi connectivity index (χ4v) is 4.07. The minimum atomic E-state index is -4.84. The molecule has 0 aliphatic heterocycles. The van der Waals surface area contributed by atoms with Gasteiger partial charge in [0.1, 0.15) is 29.7 Å². The Morgan fingerprint density at radius 1 is 0.822 bits per heavy atom. The Morgan fingerprint density at radius 3 is 2.07 bits per heavy atom. The number of nitrogens with zero attached hydrogens (tertiary/aromatic N) is 1. The maximum Gasteiger partial charge on any atom is 0.573 e. The third kappa shape index (κ3) is 13.4. The number of carbonyl (C=O) groups is 2. The van der Waals surface area contributed by atoms with Gasteiger partial charge in [-0.25, -0.2) is 14.0 Å². The van der Waals surface area contributed by atoms with Crippen molar-refractivity contribution in [2.45, 2.75) is 45.3 Å². The number of carboxylic acid groups (broad SMARTS) is 1. The van der Waals surface area contributed by atoms with Gasteiger partial charge in [-0.3, -0.25) is 0 Å². The molecule has 9 nitrogen and oxygen atoms in total. The lowest BCUT2D eigenvalue weighted by Gasteiger charge is -2.22. The minimum Gasteiger partial charge on any atom is -0.492 e. The first-order valence-corrected chi connectivity index (χ1v) is 14.2. The van der Waals surface area contributed by atoms with Crippen LogP contribution in [-0.2, 0) is 27.3 Å². The highest BCUT2D eigenvalue weighted by Crippen LogP contribution is 2.25. The maximum atomic E-state index is 13.1. The summed E-state index contributed by atoms with van der Waals surface area (Å²) in [5.41, 5.74) is 1.58. The van der Waals surface area contributed by atoms with Crippen molar-refractivity contribution >= 4 is 12.1 Å². The number of amides is 1. The summed E-state index contributed by atoms with van der Waals surface area (Å²) in [6, 6.07) is 17.3. The van der Waals surface area contributed by atoms with Crippen molar-refractivity contribution in [3.63, 3.8) is 0 Å². The third-order valence-corrected chi connectivity index (χ3v) is 6.29. The van der Waals surface area contributed by atoms with Crippen molar-refractivity contribution in [2.24, 2.45) is 0 Å². The fraction of sp³-hybridized carbons (Fsp3) is 0.375. The van der Waals surface area contributed by atoms with Gasteiger partial charge in [-0.1, -0.05) is 24.3 Å². The molecule has 1 amide bonds. The molecule has 3 aromatic carbocycles. The lowest BCUT2D eigenvalue weighted by Crippen LogP contribution is -2.37. The number of halogens is 4. The maximum absolute atomic E-state index is 13.1. The molecular weight excluding hydrogens is 602 g/mol. The standard InChI is InChI=1S/C32H35F4NO8/c1-2-42-29(30(38)39)21-23-7-11-26(12-8-23)43-20-18-37(17-3-4-19-41-22-24-5-9-25(33)10-6-24)31(40)44-27-13-15-28(16-14-27)45-32(34,35)36/h5-16,29H,2-4,17-22H2,1H3,(H,38,39). The number of carboxylic acids is 1. The van der Waals surface area contributed by atoms with Crippen LogP contribution in [0, 0.1) is 5.82 Å². The molecule has 0 aliphatic carbocycles. The molecule has 0 saturated carbocycles. The van der Waals surface area contributed by atoms with E-state index in [2.05, 4.69) is 4.74 Å². The molecule has 244 valence electrons. The largest absolute Gasteiger partial charge is 0.573 e. The van der Waals surface area contributed by atoms with E-state index in [1.807, 2.05) is 0 Å². The number of rotatable bonds is 18. The molecule has 0 aromatic heterocycles. The van der Waals surface area contributed by atoms with Crippen LogP contribution in [-0.4, -0.2) is 67.4 Å². The Balaban J connectivity index is 1.53. The van der Waals surface area contributed by atoms with E-state index < -0.39 is 30.3 Å². The summed E-state index contributed by atoms with van der Waals surface area (Å²) >= 11 is 0. The van der Waals surface area contributed by atoms with Crippen molar-refractivity contribution < 1.29 is 55.9 Å². The van der Waals surface area contributed by atoms with E-state index >= 15 is 0 Å². The molecule has 0 fully saturated rings. The van der Waals surface area contributed by atoms with Gasteiger partial charge in [0.2, 0.25) is 0 Å². The second kappa shape index (κ2) is 17.8. The summed E-state index contributed by atoms with van der Waals surface area (Å²) in [5, 5.41) is 9.28. The molecule has 45 heavy (non-hydrogen) atoms. The average molecular weight is 638 g/mol. The first-order chi connectivity index (χ1) is 21.5. The van der Waals surface area contributed by atoms with Gasteiger partial charge in [0.15, 0.2) is 6.10 Å². The molecule has 0 heterocycles. The van der Waals surface area contributed by atoms with Gasteiger partial charge in [-0.2, -0.15) is 0 Å². The summed E-state index contributed by atoms with van der Waals surface area (Å²) in [6.07, 6.45) is -5.17. The van der Waals surface area contributed by atoms with Crippen LogP contribution in [0.4, 0.5) is 22.4 Å². The summed E-state index contributed by atoms with van der Waals surface area (Å²) < 4.78 is 76.3. The van der Waals surface area contributed by atoms with Gasteiger partial charge in [-0.05, 0) is 79.4 Å². The molecule has 1 atom stereocenters. The lowest BCUT2D eigenvalue weighted by molar-refractivity contribution is -0.274. The number of hydrogen-bond donors (Lipinski definition) is 1. The Morgan fingerprint density at radius 2 is 1.44 bits per heavy atom. The monoisotopic (exact) mass is 637 g/mol. The Labute approximate surface area is 258 Å². The SMILES string of the molecule is CCOC(Cc1ccc(OCCN(CCCCOCc2ccc(F)cc2)C(=O)Oc2ccc(OC(F)(F)F)cc2)cc1)C(=O)O. The van der Waals surface area contributed by atoms with E-state index in [4.69, 9.17) is 18.9 Å². The van der Waals surface area contributed by atoms with Crippen molar-refractivity contribution in [1.82, 2.24) is 4.90 Å². The number of ether oxygens (including phenoxy) is 5. The third-order valence-electron chi connectivity index (χ3n) is 6.29. The molecule has 13 heteroatoms.